The molecule has 0 aliphatic carbocycles. The molecule has 3 amide bonds. The minimum Gasteiger partial charge on any atom is -0.450 e. The van der Waals surface area contributed by atoms with Crippen molar-refractivity contribution < 1.29 is 23.5 Å². The van der Waals surface area contributed by atoms with Gasteiger partial charge in [0.05, 0.1) is 5.39 Å². The molecule has 1 atom stereocenters. The van der Waals surface area contributed by atoms with Crippen LogP contribution in [0, 0.1) is 0 Å². The molecule has 2 N–H and O–H groups in total. The van der Waals surface area contributed by atoms with Crippen molar-refractivity contribution in [2.75, 3.05) is 6.61 Å². The molecule has 2 aromatic rings. The lowest BCUT2D eigenvalue weighted by Gasteiger charge is -2.11. The Morgan fingerprint density at radius 2 is 2.00 bits per heavy atom. The van der Waals surface area contributed by atoms with E-state index < -0.39 is 29.9 Å². The number of esters is 1. The molecule has 9 heteroatoms. The third-order valence-corrected chi connectivity index (χ3v) is 3.70. The van der Waals surface area contributed by atoms with E-state index in [0.717, 1.165) is 6.07 Å². The van der Waals surface area contributed by atoms with E-state index in [-0.39, 0.29) is 22.8 Å². The Hall–Kier alpha value is -2.87. The monoisotopic (exact) mass is 380 g/mol. The Kier molecular flexibility index (Phi) is 6.35. The molecule has 1 aromatic carbocycles. The first kappa shape index (κ1) is 19.5. The van der Waals surface area contributed by atoms with E-state index in [0.29, 0.717) is 11.4 Å². The second-order valence-electron chi connectivity index (χ2n) is 5.52. The van der Waals surface area contributed by atoms with E-state index in [2.05, 4.69) is 5.32 Å². The topological polar surface area (TPSA) is 115 Å². The Morgan fingerprint density at radius 3 is 2.69 bits per heavy atom. The highest BCUT2D eigenvalue weighted by Crippen LogP contribution is 2.17. The molecule has 0 fully saturated rings. The highest BCUT2D eigenvalue weighted by Gasteiger charge is 2.17. The average molecular weight is 381 g/mol. The number of hydrogen-bond donors (Lipinski definition) is 2. The van der Waals surface area contributed by atoms with Crippen molar-refractivity contribution in [3.05, 3.63) is 45.3 Å². The predicted octanol–water partition coefficient (Wildman–Crippen LogP) is 2.23. The van der Waals surface area contributed by atoms with Crippen molar-refractivity contribution in [1.82, 2.24) is 10.6 Å². The van der Waals surface area contributed by atoms with Crippen molar-refractivity contribution in [1.29, 1.82) is 0 Å². The minimum atomic E-state index is -1.00. The van der Waals surface area contributed by atoms with Crippen LogP contribution in [0.1, 0.15) is 30.8 Å². The number of nitrogens with one attached hydrogen (secondary N) is 2. The molecular weight excluding hydrogens is 364 g/mol. The third kappa shape index (κ3) is 5.06. The van der Waals surface area contributed by atoms with Crippen LogP contribution in [0.25, 0.3) is 11.0 Å². The highest BCUT2D eigenvalue weighted by atomic mass is 35.5. The lowest BCUT2D eigenvalue weighted by Crippen LogP contribution is -2.44. The van der Waals surface area contributed by atoms with E-state index >= 15 is 0 Å². The number of carbonyl (C=O) groups excluding carboxylic acids is 3. The van der Waals surface area contributed by atoms with Crippen LogP contribution in [0.5, 0.6) is 0 Å². The Labute approximate surface area is 153 Å². The predicted molar refractivity (Wildman–Crippen MR) is 94.2 cm³/mol. The van der Waals surface area contributed by atoms with Crippen molar-refractivity contribution in [3.63, 3.8) is 0 Å². The zero-order valence-electron chi connectivity index (χ0n) is 14.1. The fraction of sp³-hybridized carbons (Fsp3) is 0.294. The van der Waals surface area contributed by atoms with E-state index in [1.165, 1.54) is 18.2 Å². The number of urea groups is 1. The van der Waals surface area contributed by atoms with Gasteiger partial charge in [-0.05, 0) is 31.5 Å². The number of imide groups is 1. The van der Waals surface area contributed by atoms with Crippen molar-refractivity contribution >= 4 is 40.5 Å². The maximum absolute atomic E-state index is 12.0. The van der Waals surface area contributed by atoms with Gasteiger partial charge in [0.15, 0.2) is 12.0 Å². The van der Waals surface area contributed by atoms with Crippen LogP contribution in [-0.2, 0) is 9.53 Å². The Morgan fingerprint density at radius 1 is 1.27 bits per heavy atom. The largest absolute Gasteiger partial charge is 0.450 e. The van der Waals surface area contributed by atoms with E-state index in [1.807, 2.05) is 12.2 Å². The highest BCUT2D eigenvalue weighted by molar-refractivity contribution is 6.31. The minimum absolute atomic E-state index is 0.106. The van der Waals surface area contributed by atoms with Gasteiger partial charge in [-0.2, -0.15) is 0 Å². The fourth-order valence-electron chi connectivity index (χ4n) is 1.96. The molecule has 0 spiro atoms. The number of benzene rings is 1. The molecule has 0 bridgehead atoms. The van der Waals surface area contributed by atoms with Crippen LogP contribution in [0.2, 0.25) is 5.02 Å². The van der Waals surface area contributed by atoms with Crippen LogP contribution < -0.4 is 16.1 Å². The smallest absolute Gasteiger partial charge is 0.374 e. The van der Waals surface area contributed by atoms with Crippen LogP contribution in [0.3, 0.4) is 0 Å². The number of ether oxygens (including phenoxy) is 1. The molecule has 2 rings (SSSR count). The first-order chi connectivity index (χ1) is 12.3. The molecule has 0 radical (unpaired) electrons. The number of carbonyl (C=O) groups is 3. The van der Waals surface area contributed by atoms with E-state index in [9.17, 15) is 19.2 Å². The van der Waals surface area contributed by atoms with Gasteiger partial charge in [0, 0.05) is 17.1 Å². The van der Waals surface area contributed by atoms with E-state index in [1.54, 1.807) is 6.92 Å². The Balaban J connectivity index is 1.99. The number of amides is 3. The summed E-state index contributed by atoms with van der Waals surface area (Å²) >= 11 is 5.81. The molecule has 0 saturated heterocycles. The number of hydrogen-bond acceptors (Lipinski definition) is 6. The molecule has 0 saturated carbocycles. The second-order valence-corrected chi connectivity index (χ2v) is 5.96. The van der Waals surface area contributed by atoms with Gasteiger partial charge >= 0.3 is 12.0 Å². The molecule has 0 aliphatic rings. The number of rotatable bonds is 5. The second kappa shape index (κ2) is 8.48. The van der Waals surface area contributed by atoms with Gasteiger partial charge in [0.2, 0.25) is 5.76 Å². The standard InChI is InChI=1S/C17H17ClN2O6/c1-3-9(2)19-17(24)20-15(22)8-25-16(23)14-7-12(21)11-6-10(18)4-5-13(11)26-14/h4-7,9H,3,8H2,1-2H3,(H2,19,20,22,24)/t9-/m1/s1. The quantitative estimate of drug-likeness (QED) is 0.768. The molecule has 138 valence electrons. The lowest BCUT2D eigenvalue weighted by atomic mass is 10.2. The summed E-state index contributed by atoms with van der Waals surface area (Å²) in [7, 11) is 0. The summed E-state index contributed by atoms with van der Waals surface area (Å²) < 4.78 is 10.1. The molecule has 1 heterocycles. The SMILES string of the molecule is CC[C@@H](C)NC(=O)NC(=O)COC(=O)c1cc(=O)c2cc(Cl)ccc2o1. The number of fused-ring (bicyclic) bond motifs is 1. The molecule has 26 heavy (non-hydrogen) atoms. The van der Waals surface area contributed by atoms with Crippen LogP contribution in [-0.4, -0.2) is 30.6 Å². The van der Waals surface area contributed by atoms with Crippen molar-refractivity contribution in [3.8, 4) is 0 Å². The maximum atomic E-state index is 12.0. The molecular formula is C17H17ClN2O6. The van der Waals surface area contributed by atoms with Gasteiger partial charge in [-0.3, -0.25) is 14.9 Å². The van der Waals surface area contributed by atoms with Gasteiger partial charge in [-0.15, -0.1) is 0 Å². The van der Waals surface area contributed by atoms with Gasteiger partial charge < -0.3 is 14.5 Å². The van der Waals surface area contributed by atoms with Gasteiger partial charge in [0.25, 0.3) is 5.91 Å². The molecule has 0 unspecified atom stereocenters. The Bertz CT molecular complexity index is 908. The maximum Gasteiger partial charge on any atom is 0.374 e. The van der Waals surface area contributed by atoms with Gasteiger partial charge in [-0.1, -0.05) is 18.5 Å². The summed E-state index contributed by atoms with van der Waals surface area (Å²) in [6.45, 7) is 2.95. The summed E-state index contributed by atoms with van der Waals surface area (Å²) in [4.78, 5) is 47.1. The van der Waals surface area contributed by atoms with Crippen LogP contribution in [0.15, 0.2) is 33.5 Å². The molecule has 0 aliphatic heterocycles. The third-order valence-electron chi connectivity index (χ3n) is 3.47. The summed E-state index contributed by atoms with van der Waals surface area (Å²) in [6, 6.07) is 4.53. The van der Waals surface area contributed by atoms with Crippen molar-refractivity contribution in [2.45, 2.75) is 26.3 Å². The average Bonchev–Trinajstić information content (AvgIpc) is 2.59. The first-order valence-electron chi connectivity index (χ1n) is 7.81. The summed E-state index contributed by atoms with van der Waals surface area (Å²) in [5, 5.41) is 5.13. The fourth-order valence-corrected chi connectivity index (χ4v) is 2.13. The summed E-state index contributed by atoms with van der Waals surface area (Å²) in [5.74, 6) is -2.17. The first-order valence-corrected chi connectivity index (χ1v) is 8.18. The van der Waals surface area contributed by atoms with E-state index in [4.69, 9.17) is 20.8 Å². The normalized spacial score (nSPS) is 11.7. The van der Waals surface area contributed by atoms with Gasteiger partial charge in [-0.25, -0.2) is 9.59 Å². The number of halogens is 1. The van der Waals surface area contributed by atoms with Crippen LogP contribution >= 0.6 is 11.6 Å². The van der Waals surface area contributed by atoms with Crippen molar-refractivity contribution in [2.24, 2.45) is 0 Å². The van der Waals surface area contributed by atoms with Gasteiger partial charge in [0.1, 0.15) is 5.58 Å². The molecule has 1 aromatic heterocycles. The zero-order valence-corrected chi connectivity index (χ0v) is 14.9. The summed E-state index contributed by atoms with van der Waals surface area (Å²) in [6.07, 6.45) is 0.697. The lowest BCUT2D eigenvalue weighted by molar-refractivity contribution is -0.123. The molecule has 8 nitrogen and oxygen atoms in total. The van der Waals surface area contributed by atoms with Crippen LogP contribution in [0.4, 0.5) is 4.79 Å². The zero-order chi connectivity index (χ0) is 19.3. The summed E-state index contributed by atoms with van der Waals surface area (Å²) in [5.41, 5.74) is -0.315.